The van der Waals surface area contributed by atoms with Crippen LogP contribution in [0.3, 0.4) is 0 Å². The molecule has 2 aromatic rings. The maximum atomic E-state index is 13.3. The smallest absolute Gasteiger partial charge is 0.324 e. The molecule has 0 aliphatic heterocycles. The number of nitrogens with zero attached hydrogens (tertiary/aromatic N) is 2. The Hall–Kier alpha value is -1.82. The molecule has 0 saturated heterocycles. The molecule has 0 spiro atoms. The van der Waals surface area contributed by atoms with E-state index < -0.39 is 17.9 Å². The highest BCUT2D eigenvalue weighted by Gasteiger charge is 2.39. The van der Waals surface area contributed by atoms with Crippen LogP contribution in [-0.4, -0.2) is 9.78 Å². The molecule has 1 atom stereocenters. The highest BCUT2D eigenvalue weighted by atomic mass is 19.4. The minimum Gasteiger partial charge on any atom is -0.324 e. The predicted octanol–water partition coefficient (Wildman–Crippen LogP) is 3.53. The third-order valence-corrected chi connectivity index (χ3v) is 3.15. The molecule has 0 radical (unpaired) electrons. The van der Waals surface area contributed by atoms with Gasteiger partial charge in [-0.3, -0.25) is 0 Å². The Bertz CT molecular complexity index is 627. The molecule has 0 fully saturated rings. The van der Waals surface area contributed by atoms with Gasteiger partial charge in [0.05, 0.1) is 11.9 Å². The summed E-state index contributed by atoms with van der Waals surface area (Å²) in [4.78, 5) is 0. The normalized spacial score (nSPS) is 13.6. The zero-order valence-electron chi connectivity index (χ0n) is 11.5. The van der Waals surface area contributed by atoms with Crippen LogP contribution >= 0.6 is 0 Å². The first-order chi connectivity index (χ1) is 9.21. The molecule has 1 aromatic heterocycles. The van der Waals surface area contributed by atoms with E-state index >= 15 is 0 Å². The van der Waals surface area contributed by atoms with Crippen molar-refractivity contribution in [3.05, 3.63) is 46.8 Å². The summed E-state index contributed by atoms with van der Waals surface area (Å²) in [6, 6.07) is 4.58. The van der Waals surface area contributed by atoms with Crippen LogP contribution in [0.15, 0.2) is 24.4 Å². The number of aromatic nitrogens is 2. The second-order valence-corrected chi connectivity index (χ2v) is 4.94. The average Bonchev–Trinajstić information content (AvgIpc) is 2.76. The fraction of sp³-hybridized carbons (Fsp3) is 0.357. The van der Waals surface area contributed by atoms with E-state index in [9.17, 15) is 13.2 Å². The van der Waals surface area contributed by atoms with Crippen molar-refractivity contribution in [2.45, 2.75) is 33.0 Å². The Morgan fingerprint density at radius 3 is 2.45 bits per heavy atom. The lowest BCUT2D eigenvalue weighted by Gasteiger charge is -2.16. The number of rotatable bonds is 2. The Balaban J connectivity index is 2.72. The standard InChI is InChI=1S/C14H16F3N3/c1-8-4-5-9(2)12(6-8)20-13(14(15,16)17)11(7-19-20)10(3)18/h4-7,10H,18H2,1-3H3. The van der Waals surface area contributed by atoms with Crippen LogP contribution in [0.1, 0.15) is 35.3 Å². The van der Waals surface area contributed by atoms with Crippen LogP contribution in [0.25, 0.3) is 5.69 Å². The number of nitrogens with two attached hydrogens (primary N) is 1. The SMILES string of the molecule is Cc1ccc(C)c(-n2ncc(C(C)N)c2C(F)(F)F)c1. The van der Waals surface area contributed by atoms with Crippen molar-refractivity contribution in [2.24, 2.45) is 5.73 Å². The van der Waals surface area contributed by atoms with Crippen LogP contribution in [0.2, 0.25) is 0 Å². The van der Waals surface area contributed by atoms with Gasteiger partial charge in [0.15, 0.2) is 5.69 Å². The first kappa shape index (κ1) is 14.6. The topological polar surface area (TPSA) is 43.8 Å². The number of benzene rings is 1. The quantitative estimate of drug-likeness (QED) is 0.916. The van der Waals surface area contributed by atoms with Crippen molar-refractivity contribution >= 4 is 0 Å². The third-order valence-electron chi connectivity index (χ3n) is 3.15. The molecule has 108 valence electrons. The van der Waals surface area contributed by atoms with Gasteiger partial charge >= 0.3 is 6.18 Å². The zero-order chi connectivity index (χ0) is 15.1. The molecular weight excluding hydrogens is 267 g/mol. The molecule has 3 nitrogen and oxygen atoms in total. The van der Waals surface area contributed by atoms with Gasteiger partial charge in [-0.25, -0.2) is 4.68 Å². The number of hydrogen-bond acceptors (Lipinski definition) is 2. The van der Waals surface area contributed by atoms with Gasteiger partial charge in [0.1, 0.15) is 0 Å². The van der Waals surface area contributed by atoms with E-state index in [1.54, 1.807) is 19.1 Å². The summed E-state index contributed by atoms with van der Waals surface area (Å²) in [6.45, 7) is 5.09. The van der Waals surface area contributed by atoms with Gasteiger partial charge in [-0.2, -0.15) is 18.3 Å². The van der Waals surface area contributed by atoms with Crippen molar-refractivity contribution in [3.8, 4) is 5.69 Å². The van der Waals surface area contributed by atoms with Crippen LogP contribution < -0.4 is 5.73 Å². The summed E-state index contributed by atoms with van der Waals surface area (Å²) >= 11 is 0. The monoisotopic (exact) mass is 283 g/mol. The largest absolute Gasteiger partial charge is 0.433 e. The van der Waals surface area contributed by atoms with Crippen molar-refractivity contribution in [1.82, 2.24) is 9.78 Å². The zero-order valence-corrected chi connectivity index (χ0v) is 11.5. The van der Waals surface area contributed by atoms with E-state index in [4.69, 9.17) is 5.73 Å². The van der Waals surface area contributed by atoms with Gasteiger partial charge < -0.3 is 5.73 Å². The minimum absolute atomic E-state index is 0.00148. The van der Waals surface area contributed by atoms with E-state index in [2.05, 4.69) is 5.10 Å². The molecule has 0 amide bonds. The van der Waals surface area contributed by atoms with Crippen molar-refractivity contribution in [2.75, 3.05) is 0 Å². The molecule has 1 unspecified atom stereocenters. The van der Waals surface area contributed by atoms with Gasteiger partial charge in [0, 0.05) is 11.6 Å². The number of hydrogen-bond donors (Lipinski definition) is 1. The van der Waals surface area contributed by atoms with Crippen molar-refractivity contribution in [1.29, 1.82) is 0 Å². The van der Waals surface area contributed by atoms with Gasteiger partial charge in [-0.15, -0.1) is 0 Å². The first-order valence-corrected chi connectivity index (χ1v) is 6.20. The lowest BCUT2D eigenvalue weighted by Crippen LogP contribution is -2.19. The highest BCUT2D eigenvalue weighted by Crippen LogP contribution is 2.36. The second kappa shape index (κ2) is 4.94. The number of aryl methyl sites for hydroxylation is 2. The van der Waals surface area contributed by atoms with Crippen molar-refractivity contribution in [3.63, 3.8) is 0 Å². The van der Waals surface area contributed by atoms with E-state index in [1.807, 2.05) is 13.0 Å². The van der Waals surface area contributed by atoms with Crippen LogP contribution in [-0.2, 0) is 6.18 Å². The fourth-order valence-corrected chi connectivity index (χ4v) is 2.11. The Morgan fingerprint density at radius 1 is 1.25 bits per heavy atom. The van der Waals surface area contributed by atoms with Gasteiger partial charge in [0.2, 0.25) is 0 Å². The Kier molecular flexibility index (Phi) is 3.60. The van der Waals surface area contributed by atoms with E-state index in [0.717, 1.165) is 15.8 Å². The molecule has 1 aromatic carbocycles. The summed E-state index contributed by atoms with van der Waals surface area (Å²) < 4.78 is 40.8. The Labute approximate surface area is 115 Å². The van der Waals surface area contributed by atoms with Crippen LogP contribution in [0.4, 0.5) is 13.2 Å². The average molecular weight is 283 g/mol. The molecule has 6 heteroatoms. The Morgan fingerprint density at radius 2 is 1.90 bits per heavy atom. The van der Waals surface area contributed by atoms with E-state index in [1.165, 1.54) is 13.1 Å². The molecule has 2 rings (SSSR count). The molecule has 0 aliphatic rings. The summed E-state index contributed by atoms with van der Waals surface area (Å²) in [5, 5.41) is 3.89. The molecule has 2 N–H and O–H groups in total. The molecule has 0 aliphatic carbocycles. The molecule has 0 saturated carbocycles. The maximum Gasteiger partial charge on any atom is 0.433 e. The van der Waals surface area contributed by atoms with Gasteiger partial charge in [0.25, 0.3) is 0 Å². The van der Waals surface area contributed by atoms with Crippen LogP contribution in [0.5, 0.6) is 0 Å². The van der Waals surface area contributed by atoms with Gasteiger partial charge in [-0.05, 0) is 38.0 Å². The predicted molar refractivity (Wildman–Crippen MR) is 70.6 cm³/mol. The highest BCUT2D eigenvalue weighted by molar-refractivity contribution is 5.45. The third kappa shape index (κ3) is 2.56. The second-order valence-electron chi connectivity index (χ2n) is 4.94. The summed E-state index contributed by atoms with van der Waals surface area (Å²) in [5.74, 6) is 0. The molecule has 20 heavy (non-hydrogen) atoms. The number of halogens is 3. The van der Waals surface area contributed by atoms with Gasteiger partial charge in [-0.1, -0.05) is 12.1 Å². The first-order valence-electron chi connectivity index (χ1n) is 6.20. The summed E-state index contributed by atoms with van der Waals surface area (Å²) in [7, 11) is 0. The minimum atomic E-state index is -4.50. The van der Waals surface area contributed by atoms with Crippen molar-refractivity contribution < 1.29 is 13.2 Å². The molecule has 1 heterocycles. The van der Waals surface area contributed by atoms with E-state index in [0.29, 0.717) is 5.69 Å². The summed E-state index contributed by atoms with van der Waals surface area (Å²) in [6.07, 6.45) is -3.31. The lowest BCUT2D eigenvalue weighted by molar-refractivity contribution is -0.143. The lowest BCUT2D eigenvalue weighted by atomic mass is 10.1. The number of alkyl halides is 3. The maximum absolute atomic E-state index is 13.3. The summed E-state index contributed by atoms with van der Waals surface area (Å²) in [5.41, 5.74) is 6.83. The molecule has 0 bridgehead atoms. The molecular formula is C14H16F3N3. The van der Waals surface area contributed by atoms with Crippen LogP contribution in [0, 0.1) is 13.8 Å². The fourth-order valence-electron chi connectivity index (χ4n) is 2.11. The van der Waals surface area contributed by atoms with E-state index in [-0.39, 0.29) is 5.56 Å².